The number of rotatable bonds is 3. The fraction of sp³-hybridized carbons (Fsp3) is 0.160. The van der Waals surface area contributed by atoms with Crippen molar-refractivity contribution in [1.29, 1.82) is 0 Å². The Labute approximate surface area is 176 Å². The van der Waals surface area contributed by atoms with E-state index in [-0.39, 0.29) is 5.91 Å². The van der Waals surface area contributed by atoms with Crippen molar-refractivity contribution >= 4 is 35.3 Å². The Kier molecular flexibility index (Phi) is 5.52. The molecule has 0 unspecified atom stereocenters. The molecule has 4 heteroatoms. The first-order valence-corrected chi connectivity index (χ1v) is 10.1. The zero-order valence-corrected chi connectivity index (χ0v) is 17.3. The van der Waals surface area contributed by atoms with Crippen molar-refractivity contribution in [3.63, 3.8) is 0 Å². The van der Waals surface area contributed by atoms with Crippen LogP contribution in [0.15, 0.2) is 60.7 Å². The molecule has 0 spiro atoms. The van der Waals surface area contributed by atoms with Gasteiger partial charge in [-0.25, -0.2) is 0 Å². The summed E-state index contributed by atoms with van der Waals surface area (Å²) >= 11 is 6.18. The van der Waals surface area contributed by atoms with Crippen LogP contribution in [-0.4, -0.2) is 13.0 Å². The molecule has 0 aromatic heterocycles. The molecule has 4 rings (SSSR count). The van der Waals surface area contributed by atoms with Gasteiger partial charge >= 0.3 is 0 Å². The lowest BCUT2D eigenvalue weighted by atomic mass is 9.94. The normalized spacial score (nSPS) is 13.8. The number of anilines is 1. The van der Waals surface area contributed by atoms with Crippen LogP contribution in [0.5, 0.6) is 0 Å². The predicted octanol–water partition coefficient (Wildman–Crippen LogP) is 5.76. The Bertz CT molecular complexity index is 1100. The molecule has 1 aliphatic rings. The monoisotopic (exact) mass is 402 g/mol. The summed E-state index contributed by atoms with van der Waals surface area (Å²) < 4.78 is 0. The number of nitrogens with zero attached hydrogens (tertiary/aromatic N) is 1. The second kappa shape index (κ2) is 8.24. The van der Waals surface area contributed by atoms with E-state index in [2.05, 4.69) is 53.9 Å². The second-order valence-electron chi connectivity index (χ2n) is 7.24. The number of halogens is 1. The Morgan fingerprint density at radius 2 is 1.83 bits per heavy atom. The highest BCUT2D eigenvalue weighted by Crippen LogP contribution is 2.33. The van der Waals surface area contributed by atoms with Gasteiger partial charge in [0.15, 0.2) is 0 Å². The van der Waals surface area contributed by atoms with E-state index in [1.165, 1.54) is 11.1 Å². The average molecular weight is 403 g/mol. The molecule has 3 aromatic carbocycles. The van der Waals surface area contributed by atoms with E-state index in [1.54, 1.807) is 6.92 Å². The third kappa shape index (κ3) is 3.98. The van der Waals surface area contributed by atoms with Crippen LogP contribution in [0.2, 0.25) is 5.02 Å². The minimum Gasteiger partial charge on any atom is -0.316 e. The molecule has 0 fully saturated rings. The first kappa shape index (κ1) is 19.4. The molecule has 29 heavy (non-hydrogen) atoms. The molecule has 1 N–H and O–H groups in total. The molecular weight excluding hydrogens is 380 g/mol. The van der Waals surface area contributed by atoms with E-state index in [0.29, 0.717) is 11.6 Å². The highest BCUT2D eigenvalue weighted by atomic mass is 35.5. The molecule has 1 amide bonds. The molecule has 1 heterocycles. The molecule has 3 nitrogen and oxygen atoms in total. The van der Waals surface area contributed by atoms with E-state index in [4.69, 9.17) is 11.6 Å². The van der Waals surface area contributed by atoms with Crippen molar-refractivity contribution in [3.8, 4) is 11.1 Å². The number of hydrogen-bond donors (Lipinski definition) is 1. The lowest BCUT2D eigenvalue weighted by molar-refractivity contribution is -0.116. The van der Waals surface area contributed by atoms with Gasteiger partial charge in [-0.1, -0.05) is 60.2 Å². The SMILES string of the molecule is CNCc1ccccc1-c1ccc2c(c1)CN(C(C)=O)c1ccc(Cl)cc1/C=C\2. The number of fused-ring (bicyclic) bond motifs is 2. The Morgan fingerprint density at radius 3 is 2.62 bits per heavy atom. The minimum absolute atomic E-state index is 0.0100. The van der Waals surface area contributed by atoms with Crippen LogP contribution in [0.25, 0.3) is 23.3 Å². The minimum atomic E-state index is 0.0100. The van der Waals surface area contributed by atoms with Gasteiger partial charge in [-0.05, 0) is 64.7 Å². The van der Waals surface area contributed by atoms with Gasteiger partial charge in [0.25, 0.3) is 0 Å². The summed E-state index contributed by atoms with van der Waals surface area (Å²) in [4.78, 5) is 14.3. The quantitative estimate of drug-likeness (QED) is 0.603. The maximum Gasteiger partial charge on any atom is 0.224 e. The van der Waals surface area contributed by atoms with Gasteiger partial charge in [0.2, 0.25) is 5.91 Å². The predicted molar refractivity (Wildman–Crippen MR) is 122 cm³/mol. The van der Waals surface area contributed by atoms with Gasteiger partial charge < -0.3 is 10.2 Å². The summed E-state index contributed by atoms with van der Waals surface area (Å²) in [6.45, 7) is 2.93. The number of benzene rings is 3. The Hall–Kier alpha value is -2.88. The van der Waals surface area contributed by atoms with Crippen molar-refractivity contribution in [2.75, 3.05) is 11.9 Å². The third-order valence-corrected chi connectivity index (χ3v) is 5.51. The van der Waals surface area contributed by atoms with Crippen molar-refractivity contribution in [2.24, 2.45) is 0 Å². The van der Waals surface area contributed by atoms with Crippen LogP contribution in [0.4, 0.5) is 5.69 Å². The van der Waals surface area contributed by atoms with Crippen LogP contribution >= 0.6 is 11.6 Å². The molecule has 0 aliphatic carbocycles. The summed E-state index contributed by atoms with van der Waals surface area (Å²) in [5.74, 6) is 0.0100. The summed E-state index contributed by atoms with van der Waals surface area (Å²) in [7, 11) is 1.95. The van der Waals surface area contributed by atoms with Crippen molar-refractivity contribution in [2.45, 2.75) is 20.0 Å². The van der Waals surface area contributed by atoms with Gasteiger partial charge in [0.1, 0.15) is 0 Å². The van der Waals surface area contributed by atoms with E-state index in [1.807, 2.05) is 36.2 Å². The molecule has 0 saturated carbocycles. The smallest absolute Gasteiger partial charge is 0.224 e. The first-order valence-electron chi connectivity index (χ1n) is 9.68. The number of nitrogens with one attached hydrogen (secondary N) is 1. The van der Waals surface area contributed by atoms with Gasteiger partial charge in [-0.2, -0.15) is 0 Å². The number of carbonyl (C=O) groups excluding carboxylic acids is 1. The van der Waals surface area contributed by atoms with Crippen LogP contribution in [-0.2, 0) is 17.9 Å². The number of hydrogen-bond acceptors (Lipinski definition) is 2. The topological polar surface area (TPSA) is 32.3 Å². The zero-order chi connectivity index (χ0) is 20.4. The lowest BCUT2D eigenvalue weighted by Gasteiger charge is -2.26. The maximum absolute atomic E-state index is 12.5. The van der Waals surface area contributed by atoms with Crippen LogP contribution < -0.4 is 10.2 Å². The highest BCUT2D eigenvalue weighted by Gasteiger charge is 2.19. The summed E-state index contributed by atoms with van der Waals surface area (Å²) in [6, 6.07) is 20.5. The maximum atomic E-state index is 12.5. The van der Waals surface area contributed by atoms with E-state index in [0.717, 1.165) is 34.5 Å². The highest BCUT2D eigenvalue weighted by molar-refractivity contribution is 6.30. The fourth-order valence-electron chi connectivity index (χ4n) is 3.84. The molecule has 3 aromatic rings. The van der Waals surface area contributed by atoms with E-state index >= 15 is 0 Å². The lowest BCUT2D eigenvalue weighted by Crippen LogP contribution is -2.29. The second-order valence-corrected chi connectivity index (χ2v) is 7.68. The molecule has 1 aliphatic heterocycles. The zero-order valence-electron chi connectivity index (χ0n) is 16.6. The molecular formula is C25H23ClN2O. The van der Waals surface area contributed by atoms with Crippen molar-refractivity contribution in [1.82, 2.24) is 5.32 Å². The van der Waals surface area contributed by atoms with E-state index < -0.39 is 0 Å². The van der Waals surface area contributed by atoms with Crippen LogP contribution in [0, 0.1) is 0 Å². The van der Waals surface area contributed by atoms with Gasteiger partial charge in [0, 0.05) is 18.5 Å². The first-order chi connectivity index (χ1) is 14.1. The van der Waals surface area contributed by atoms with Crippen molar-refractivity contribution < 1.29 is 4.79 Å². The third-order valence-electron chi connectivity index (χ3n) is 5.27. The Balaban J connectivity index is 1.82. The summed E-state index contributed by atoms with van der Waals surface area (Å²) in [5, 5.41) is 3.90. The molecule has 0 saturated heterocycles. The molecule has 146 valence electrons. The largest absolute Gasteiger partial charge is 0.316 e. The van der Waals surface area contributed by atoms with Crippen molar-refractivity contribution in [3.05, 3.63) is 87.9 Å². The summed E-state index contributed by atoms with van der Waals surface area (Å²) in [5.41, 5.74) is 7.66. The standard InChI is InChI=1S/C25H23ClN2O/c1-17(29)28-16-22-13-19(24-6-4-3-5-21(24)15-27-2)9-7-18(22)8-10-20-14-23(26)11-12-25(20)28/h3-14,27H,15-16H2,1-2H3/b10-8-. The average Bonchev–Trinajstić information content (AvgIpc) is 2.70. The molecule has 0 bridgehead atoms. The number of amides is 1. The van der Waals surface area contributed by atoms with Gasteiger partial charge in [0.05, 0.1) is 12.2 Å². The Morgan fingerprint density at radius 1 is 1.03 bits per heavy atom. The van der Waals surface area contributed by atoms with Gasteiger partial charge in [-0.15, -0.1) is 0 Å². The van der Waals surface area contributed by atoms with Gasteiger partial charge in [-0.3, -0.25) is 4.79 Å². The fourth-order valence-corrected chi connectivity index (χ4v) is 4.02. The van der Waals surface area contributed by atoms with Crippen LogP contribution in [0.1, 0.15) is 29.2 Å². The van der Waals surface area contributed by atoms with E-state index in [9.17, 15) is 4.79 Å². The number of carbonyl (C=O) groups is 1. The molecule has 0 radical (unpaired) electrons. The van der Waals surface area contributed by atoms with Crippen LogP contribution in [0.3, 0.4) is 0 Å². The summed E-state index contributed by atoms with van der Waals surface area (Å²) in [6.07, 6.45) is 4.13. The molecule has 0 atom stereocenters.